The van der Waals surface area contributed by atoms with Crippen LogP contribution >= 0.6 is 11.6 Å². The first kappa shape index (κ1) is 12.6. The minimum atomic E-state index is -0.0106. The Bertz CT molecular complexity index is 524. The zero-order chi connectivity index (χ0) is 13.0. The van der Waals surface area contributed by atoms with Gasteiger partial charge in [0.1, 0.15) is 6.54 Å². The number of benzene rings is 1. The van der Waals surface area contributed by atoms with Gasteiger partial charge in [0.15, 0.2) is 0 Å². The van der Waals surface area contributed by atoms with Gasteiger partial charge in [-0.2, -0.15) is 0 Å². The van der Waals surface area contributed by atoms with Gasteiger partial charge in [-0.1, -0.05) is 18.2 Å². The van der Waals surface area contributed by atoms with Gasteiger partial charge in [-0.05, 0) is 30.7 Å². The summed E-state index contributed by atoms with van der Waals surface area (Å²) < 4.78 is 1.62. The molecule has 2 rings (SSSR count). The average molecular weight is 264 g/mol. The Hall–Kier alpha value is -1.81. The summed E-state index contributed by atoms with van der Waals surface area (Å²) in [7, 11) is 0. The Kier molecular flexibility index (Phi) is 3.99. The molecule has 0 N–H and O–H groups in total. The van der Waals surface area contributed by atoms with Gasteiger partial charge < -0.3 is 9.47 Å². The third kappa shape index (κ3) is 2.71. The number of para-hydroxylation sites is 1. The van der Waals surface area contributed by atoms with Gasteiger partial charge in [-0.3, -0.25) is 4.79 Å². The normalized spacial score (nSPS) is 10.3. The van der Waals surface area contributed by atoms with E-state index in [1.807, 2.05) is 37.3 Å². The minimum absolute atomic E-state index is 0.0106. The molecule has 18 heavy (non-hydrogen) atoms. The number of carbonyl (C=O) groups excluding carboxylic acids is 1. The molecule has 5 heteroatoms. The topological polar surface area (TPSA) is 38.1 Å². The van der Waals surface area contributed by atoms with Crippen LogP contribution in [0.2, 0.25) is 5.28 Å². The van der Waals surface area contributed by atoms with Crippen LogP contribution in [-0.2, 0) is 11.3 Å². The lowest BCUT2D eigenvalue weighted by Crippen LogP contribution is -2.33. The van der Waals surface area contributed by atoms with Gasteiger partial charge in [0.25, 0.3) is 0 Å². The molecule has 0 saturated carbocycles. The number of anilines is 1. The standard InChI is InChI=1S/C13H14ClN3O/c1-2-17(11-6-4-3-5-7-11)12(18)10-16-9-8-15-13(16)14/h3-9H,2,10H2,1H3. The molecule has 1 aromatic carbocycles. The van der Waals surface area contributed by atoms with E-state index < -0.39 is 0 Å². The van der Waals surface area contributed by atoms with Crippen LogP contribution in [0.5, 0.6) is 0 Å². The van der Waals surface area contributed by atoms with Crippen molar-refractivity contribution in [2.75, 3.05) is 11.4 Å². The first-order valence-electron chi connectivity index (χ1n) is 5.74. The molecular formula is C13H14ClN3O. The average Bonchev–Trinajstić information content (AvgIpc) is 2.77. The van der Waals surface area contributed by atoms with Crippen molar-refractivity contribution in [3.8, 4) is 0 Å². The molecule has 0 atom stereocenters. The number of rotatable bonds is 4. The number of nitrogens with zero attached hydrogens (tertiary/aromatic N) is 3. The highest BCUT2D eigenvalue weighted by molar-refractivity contribution is 6.28. The van der Waals surface area contributed by atoms with Crippen molar-refractivity contribution in [2.24, 2.45) is 0 Å². The molecule has 0 radical (unpaired) electrons. The molecule has 94 valence electrons. The van der Waals surface area contributed by atoms with Crippen molar-refractivity contribution in [3.05, 3.63) is 48.0 Å². The zero-order valence-electron chi connectivity index (χ0n) is 10.1. The summed E-state index contributed by atoms with van der Waals surface area (Å²) in [5.41, 5.74) is 0.890. The summed E-state index contributed by atoms with van der Waals surface area (Å²) in [6.07, 6.45) is 3.27. The van der Waals surface area contributed by atoms with E-state index in [-0.39, 0.29) is 12.5 Å². The first-order chi connectivity index (χ1) is 8.72. The van der Waals surface area contributed by atoms with Crippen molar-refractivity contribution >= 4 is 23.2 Å². The quantitative estimate of drug-likeness (QED) is 0.850. The Labute approximate surface area is 111 Å². The molecule has 1 amide bonds. The third-order valence-electron chi connectivity index (χ3n) is 2.66. The van der Waals surface area contributed by atoms with Crippen molar-refractivity contribution in [1.29, 1.82) is 0 Å². The molecule has 0 aliphatic carbocycles. The smallest absolute Gasteiger partial charge is 0.246 e. The van der Waals surface area contributed by atoms with Gasteiger partial charge in [0.2, 0.25) is 11.2 Å². The summed E-state index contributed by atoms with van der Waals surface area (Å²) >= 11 is 5.86. The molecule has 0 aliphatic heterocycles. The first-order valence-corrected chi connectivity index (χ1v) is 6.12. The van der Waals surface area contributed by atoms with E-state index in [4.69, 9.17) is 11.6 Å². The number of hydrogen-bond donors (Lipinski definition) is 0. The van der Waals surface area contributed by atoms with Gasteiger partial charge in [-0.25, -0.2) is 4.98 Å². The second-order valence-electron chi connectivity index (χ2n) is 3.80. The van der Waals surface area contributed by atoms with Gasteiger partial charge in [0.05, 0.1) is 0 Å². The fourth-order valence-corrected chi connectivity index (χ4v) is 1.94. The van der Waals surface area contributed by atoms with Crippen LogP contribution < -0.4 is 4.90 Å². The fraction of sp³-hybridized carbons (Fsp3) is 0.231. The van der Waals surface area contributed by atoms with E-state index in [1.165, 1.54) is 0 Å². The van der Waals surface area contributed by atoms with Crippen LogP contribution in [0.4, 0.5) is 5.69 Å². The van der Waals surface area contributed by atoms with Gasteiger partial charge >= 0.3 is 0 Å². The van der Waals surface area contributed by atoms with Gasteiger partial charge in [0, 0.05) is 24.6 Å². The maximum Gasteiger partial charge on any atom is 0.246 e. The van der Waals surface area contributed by atoms with Crippen molar-refractivity contribution in [1.82, 2.24) is 9.55 Å². The number of carbonyl (C=O) groups is 1. The fourth-order valence-electron chi connectivity index (χ4n) is 1.77. The lowest BCUT2D eigenvalue weighted by Gasteiger charge is -2.21. The van der Waals surface area contributed by atoms with E-state index >= 15 is 0 Å². The number of amides is 1. The van der Waals surface area contributed by atoms with Crippen molar-refractivity contribution in [2.45, 2.75) is 13.5 Å². The molecule has 0 fully saturated rings. The lowest BCUT2D eigenvalue weighted by atomic mass is 10.3. The Balaban J connectivity index is 2.14. The molecule has 2 aromatic rings. The molecule has 0 bridgehead atoms. The van der Waals surface area contributed by atoms with Crippen LogP contribution in [0.15, 0.2) is 42.7 Å². The molecule has 0 saturated heterocycles. The number of halogens is 1. The second kappa shape index (κ2) is 5.69. The molecule has 0 spiro atoms. The highest BCUT2D eigenvalue weighted by atomic mass is 35.5. The maximum absolute atomic E-state index is 12.2. The van der Waals surface area contributed by atoms with E-state index in [2.05, 4.69) is 4.98 Å². The molecule has 1 aromatic heterocycles. The highest BCUT2D eigenvalue weighted by Crippen LogP contribution is 2.14. The number of likely N-dealkylation sites (N-methyl/N-ethyl adjacent to an activating group) is 1. The van der Waals surface area contributed by atoms with E-state index in [0.29, 0.717) is 11.8 Å². The minimum Gasteiger partial charge on any atom is -0.312 e. The predicted molar refractivity (Wildman–Crippen MR) is 71.7 cm³/mol. The summed E-state index contributed by atoms with van der Waals surface area (Å²) in [5, 5.41) is 0.326. The summed E-state index contributed by atoms with van der Waals surface area (Å²) in [6.45, 7) is 2.76. The van der Waals surface area contributed by atoms with Crippen LogP contribution in [0.25, 0.3) is 0 Å². The molecule has 1 heterocycles. The maximum atomic E-state index is 12.2. The van der Waals surface area contributed by atoms with Crippen molar-refractivity contribution < 1.29 is 4.79 Å². The number of imidazole rings is 1. The SMILES string of the molecule is CCN(C(=O)Cn1ccnc1Cl)c1ccccc1. The molecule has 0 unspecified atom stereocenters. The summed E-state index contributed by atoms with van der Waals surface area (Å²) in [4.78, 5) is 17.8. The lowest BCUT2D eigenvalue weighted by molar-refractivity contribution is -0.119. The second-order valence-corrected chi connectivity index (χ2v) is 4.14. The third-order valence-corrected chi connectivity index (χ3v) is 2.97. The van der Waals surface area contributed by atoms with Crippen LogP contribution in [-0.4, -0.2) is 22.0 Å². The predicted octanol–water partition coefficient (Wildman–Crippen LogP) is 2.59. The number of hydrogen-bond acceptors (Lipinski definition) is 2. The zero-order valence-corrected chi connectivity index (χ0v) is 10.8. The monoisotopic (exact) mass is 263 g/mol. The van der Waals surface area contributed by atoms with Crippen molar-refractivity contribution in [3.63, 3.8) is 0 Å². The van der Waals surface area contributed by atoms with E-state index in [1.54, 1.807) is 21.9 Å². The molecule has 4 nitrogen and oxygen atoms in total. The van der Waals surface area contributed by atoms with E-state index in [0.717, 1.165) is 5.69 Å². The van der Waals surface area contributed by atoms with Crippen LogP contribution in [0.3, 0.4) is 0 Å². The Morgan fingerprint density at radius 2 is 2.11 bits per heavy atom. The highest BCUT2D eigenvalue weighted by Gasteiger charge is 2.14. The van der Waals surface area contributed by atoms with Crippen LogP contribution in [0, 0.1) is 0 Å². The van der Waals surface area contributed by atoms with Gasteiger partial charge in [-0.15, -0.1) is 0 Å². The largest absolute Gasteiger partial charge is 0.312 e. The Morgan fingerprint density at radius 3 is 2.67 bits per heavy atom. The summed E-state index contributed by atoms with van der Waals surface area (Å²) in [5.74, 6) is -0.0106. The van der Waals surface area contributed by atoms with Crippen LogP contribution in [0.1, 0.15) is 6.92 Å². The number of aromatic nitrogens is 2. The molecular weight excluding hydrogens is 250 g/mol. The molecule has 0 aliphatic rings. The summed E-state index contributed by atoms with van der Waals surface area (Å²) in [6, 6.07) is 9.58. The Morgan fingerprint density at radius 1 is 1.39 bits per heavy atom. The van der Waals surface area contributed by atoms with E-state index in [9.17, 15) is 4.79 Å².